The molecule has 2 amide bonds. The van der Waals surface area contributed by atoms with Crippen LogP contribution in [0.4, 0.5) is 5.00 Å². The van der Waals surface area contributed by atoms with Gasteiger partial charge in [0.1, 0.15) is 10.6 Å². The number of aromatic nitrogens is 1. The summed E-state index contributed by atoms with van der Waals surface area (Å²) in [6.07, 6.45) is 3.06. The Hall–Kier alpha value is -3.07. The predicted molar refractivity (Wildman–Crippen MR) is 98.8 cm³/mol. The lowest BCUT2D eigenvalue weighted by molar-refractivity contribution is -0.684. The largest absolute Gasteiger partial charge is 0.462 e. The summed E-state index contributed by atoms with van der Waals surface area (Å²) in [6, 6.07) is 3.14. The maximum Gasteiger partial charge on any atom is 0.341 e. The first kappa shape index (κ1) is 20.2. The topological polar surface area (TPSA) is 119 Å². The number of nitrogens with one attached hydrogen (secondary N) is 1. The number of Topliss-reactive ketones (excluding diaryl/α,β-unsaturated/α-hetero) is 1. The Morgan fingerprint density at radius 2 is 2.00 bits per heavy atom. The normalized spacial score (nSPS) is 10.3. The van der Waals surface area contributed by atoms with Gasteiger partial charge in [-0.3, -0.25) is 14.4 Å². The quantitative estimate of drug-likeness (QED) is 0.421. The molecule has 2 heterocycles. The molecule has 0 unspecified atom stereocenters. The lowest BCUT2D eigenvalue weighted by Gasteiger charge is -2.06. The van der Waals surface area contributed by atoms with Crippen molar-refractivity contribution in [3.05, 3.63) is 46.1 Å². The Labute approximate surface area is 159 Å². The summed E-state index contributed by atoms with van der Waals surface area (Å²) >= 11 is 1.03. The molecule has 0 aromatic carbocycles. The molecule has 0 spiro atoms. The van der Waals surface area contributed by atoms with E-state index in [1.54, 1.807) is 26.1 Å². The van der Waals surface area contributed by atoms with Crippen LogP contribution in [0.25, 0.3) is 0 Å². The van der Waals surface area contributed by atoms with E-state index in [1.165, 1.54) is 23.8 Å². The Kier molecular flexibility index (Phi) is 6.40. The van der Waals surface area contributed by atoms with Gasteiger partial charge in [0.2, 0.25) is 6.54 Å². The first-order valence-corrected chi connectivity index (χ1v) is 8.96. The molecule has 27 heavy (non-hydrogen) atoms. The van der Waals surface area contributed by atoms with Crippen LogP contribution in [0.15, 0.2) is 24.5 Å². The van der Waals surface area contributed by atoms with E-state index < -0.39 is 17.8 Å². The Morgan fingerprint density at radius 3 is 2.59 bits per heavy atom. The van der Waals surface area contributed by atoms with Crippen LogP contribution < -0.4 is 15.6 Å². The van der Waals surface area contributed by atoms with Crippen LogP contribution in [0.2, 0.25) is 0 Å². The van der Waals surface area contributed by atoms with Crippen molar-refractivity contribution in [1.82, 2.24) is 0 Å². The summed E-state index contributed by atoms with van der Waals surface area (Å²) in [6.45, 7) is 4.78. The number of nitrogens with two attached hydrogens (primary N) is 1. The maximum atomic E-state index is 12.4. The molecule has 0 bridgehead atoms. The van der Waals surface area contributed by atoms with Crippen LogP contribution in [0.3, 0.4) is 0 Å². The average molecular weight is 390 g/mol. The summed E-state index contributed by atoms with van der Waals surface area (Å²) in [4.78, 5) is 48.1. The molecule has 9 heteroatoms. The van der Waals surface area contributed by atoms with Crippen LogP contribution in [0.5, 0.6) is 0 Å². The third-order valence-electron chi connectivity index (χ3n) is 3.67. The number of ketones is 1. The summed E-state index contributed by atoms with van der Waals surface area (Å²) in [5.74, 6) is -1.83. The lowest BCUT2D eigenvalue weighted by Crippen LogP contribution is -2.40. The van der Waals surface area contributed by atoms with Crippen molar-refractivity contribution in [1.29, 1.82) is 0 Å². The van der Waals surface area contributed by atoms with Crippen LogP contribution in [-0.4, -0.2) is 30.2 Å². The van der Waals surface area contributed by atoms with Gasteiger partial charge in [0, 0.05) is 6.07 Å². The van der Waals surface area contributed by atoms with Gasteiger partial charge in [0.05, 0.1) is 17.0 Å². The minimum absolute atomic E-state index is 0.101. The summed E-state index contributed by atoms with van der Waals surface area (Å²) < 4.78 is 6.52. The molecule has 142 valence electrons. The molecule has 0 aliphatic rings. The van der Waals surface area contributed by atoms with Crippen molar-refractivity contribution >= 4 is 39.9 Å². The molecule has 0 fully saturated rings. The summed E-state index contributed by atoms with van der Waals surface area (Å²) in [5.41, 5.74) is 6.15. The first-order valence-electron chi connectivity index (χ1n) is 8.14. The van der Waals surface area contributed by atoms with Crippen LogP contribution >= 0.6 is 11.3 Å². The highest BCUT2D eigenvalue weighted by atomic mass is 32.1. The summed E-state index contributed by atoms with van der Waals surface area (Å²) in [7, 11) is 0. The molecule has 0 saturated heterocycles. The number of hydrogen-bond donors (Lipinski definition) is 2. The second-order valence-electron chi connectivity index (χ2n) is 5.71. The van der Waals surface area contributed by atoms with E-state index in [0.717, 1.165) is 11.3 Å². The smallest absolute Gasteiger partial charge is 0.341 e. The van der Waals surface area contributed by atoms with Gasteiger partial charge in [-0.05, 0) is 32.4 Å². The monoisotopic (exact) mass is 390 g/mol. The maximum absolute atomic E-state index is 12.4. The van der Waals surface area contributed by atoms with Gasteiger partial charge in [0.25, 0.3) is 11.8 Å². The number of ether oxygens (including phenoxy) is 1. The van der Waals surface area contributed by atoms with E-state index in [-0.39, 0.29) is 35.1 Å². The molecule has 0 aliphatic heterocycles. The van der Waals surface area contributed by atoms with Crippen molar-refractivity contribution < 1.29 is 28.5 Å². The first-order chi connectivity index (χ1) is 12.7. The Balaban J connectivity index is 2.27. The number of primary amides is 1. The fourth-order valence-corrected chi connectivity index (χ4v) is 3.59. The number of pyridine rings is 1. The number of thiophene rings is 1. The molecule has 2 rings (SSSR count). The molecule has 0 saturated carbocycles. The number of nitrogens with zero attached hydrogens (tertiary/aromatic N) is 1. The standard InChI is InChI=1S/C18H19N3O5S/c1-4-26-18(25)14-10(2)15(11(3)22)27-17(14)20-13(23)9-21-7-5-6-12(8-21)16(19)24/h5-8H,4,9H2,1-3H3,(H2-,19,20,22,23,24,25)/p+1. The van der Waals surface area contributed by atoms with E-state index in [9.17, 15) is 19.2 Å². The Morgan fingerprint density at radius 1 is 1.30 bits per heavy atom. The van der Waals surface area contributed by atoms with Crippen molar-refractivity contribution in [2.24, 2.45) is 5.73 Å². The number of rotatable bonds is 7. The molecule has 0 atom stereocenters. The predicted octanol–water partition coefficient (Wildman–Crippen LogP) is 1.46. The van der Waals surface area contributed by atoms with Gasteiger partial charge in [0.15, 0.2) is 18.2 Å². The number of carbonyl (C=O) groups excluding carboxylic acids is 4. The van der Waals surface area contributed by atoms with E-state index >= 15 is 0 Å². The lowest BCUT2D eigenvalue weighted by atomic mass is 10.1. The van der Waals surface area contributed by atoms with E-state index in [4.69, 9.17) is 10.5 Å². The van der Waals surface area contributed by atoms with Crippen LogP contribution in [-0.2, 0) is 16.1 Å². The SMILES string of the molecule is CCOC(=O)c1c(NC(=O)C[n+]2cccc(C(N)=O)c2)sc(C(C)=O)c1C. The molecular weight excluding hydrogens is 370 g/mol. The highest BCUT2D eigenvalue weighted by molar-refractivity contribution is 7.18. The molecule has 2 aromatic heterocycles. The van der Waals surface area contributed by atoms with Crippen molar-refractivity contribution in [2.75, 3.05) is 11.9 Å². The minimum atomic E-state index is -0.602. The molecule has 2 aromatic rings. The van der Waals surface area contributed by atoms with E-state index in [1.807, 2.05) is 0 Å². The number of hydrogen-bond acceptors (Lipinski definition) is 6. The third-order valence-corrected chi connectivity index (χ3v) is 4.98. The van der Waals surface area contributed by atoms with Gasteiger partial charge in [-0.15, -0.1) is 11.3 Å². The minimum Gasteiger partial charge on any atom is -0.462 e. The molecule has 0 aliphatic carbocycles. The molecule has 3 N–H and O–H groups in total. The van der Waals surface area contributed by atoms with Crippen LogP contribution in [0.1, 0.15) is 49.8 Å². The second kappa shape index (κ2) is 8.54. The zero-order chi connectivity index (χ0) is 20.1. The molecule has 8 nitrogen and oxygen atoms in total. The highest BCUT2D eigenvalue weighted by Crippen LogP contribution is 2.34. The number of carbonyl (C=O) groups is 4. The number of anilines is 1. The molecular formula is C18H20N3O5S+. The van der Waals surface area contributed by atoms with Gasteiger partial charge >= 0.3 is 5.97 Å². The average Bonchev–Trinajstić information content (AvgIpc) is 2.91. The van der Waals surface area contributed by atoms with Gasteiger partial charge in [-0.25, -0.2) is 4.79 Å². The third kappa shape index (κ3) is 4.76. The fourth-order valence-electron chi connectivity index (χ4n) is 2.48. The van der Waals surface area contributed by atoms with E-state index in [0.29, 0.717) is 10.4 Å². The fraction of sp³-hybridized carbons (Fsp3) is 0.278. The molecule has 0 radical (unpaired) electrons. The second-order valence-corrected chi connectivity index (χ2v) is 6.73. The van der Waals surface area contributed by atoms with Gasteiger partial charge < -0.3 is 15.8 Å². The van der Waals surface area contributed by atoms with Gasteiger partial charge in [-0.2, -0.15) is 4.57 Å². The number of amides is 2. The Bertz CT molecular complexity index is 920. The van der Waals surface area contributed by atoms with Crippen molar-refractivity contribution in [2.45, 2.75) is 27.3 Å². The van der Waals surface area contributed by atoms with Gasteiger partial charge in [-0.1, -0.05) is 0 Å². The zero-order valence-electron chi connectivity index (χ0n) is 15.2. The van der Waals surface area contributed by atoms with Crippen molar-refractivity contribution in [3.8, 4) is 0 Å². The zero-order valence-corrected chi connectivity index (χ0v) is 16.0. The van der Waals surface area contributed by atoms with Crippen LogP contribution in [0, 0.1) is 6.92 Å². The summed E-state index contributed by atoms with van der Waals surface area (Å²) in [5, 5.41) is 2.91. The van der Waals surface area contributed by atoms with E-state index in [2.05, 4.69) is 5.32 Å². The number of esters is 1. The highest BCUT2D eigenvalue weighted by Gasteiger charge is 2.26. The van der Waals surface area contributed by atoms with Crippen molar-refractivity contribution in [3.63, 3.8) is 0 Å².